The van der Waals surface area contributed by atoms with Crippen molar-refractivity contribution in [3.05, 3.63) is 0 Å². The molecule has 4 bridgehead atoms. The van der Waals surface area contributed by atoms with Gasteiger partial charge in [0.25, 0.3) is 0 Å². The van der Waals surface area contributed by atoms with Crippen molar-refractivity contribution in [3.8, 4) is 0 Å². The summed E-state index contributed by atoms with van der Waals surface area (Å²) in [7, 11) is 4.11. The summed E-state index contributed by atoms with van der Waals surface area (Å²) in [5.74, 6) is 2.88. The second-order valence-electron chi connectivity index (χ2n) is 7.73. The zero-order valence-electron chi connectivity index (χ0n) is 13.8. The summed E-state index contributed by atoms with van der Waals surface area (Å²) in [4.78, 5) is 14.3. The van der Waals surface area contributed by atoms with Gasteiger partial charge in [-0.25, -0.2) is 0 Å². The van der Waals surface area contributed by atoms with Crippen molar-refractivity contribution in [2.75, 3.05) is 33.7 Å². The van der Waals surface area contributed by atoms with Gasteiger partial charge in [-0.05, 0) is 70.4 Å². The lowest BCUT2D eigenvalue weighted by atomic mass is 9.53. The Balaban J connectivity index is 0.00000121. The molecular weight excluding hydrogens is 321 g/mol. The zero-order valence-corrected chi connectivity index (χ0v) is 15.4. The van der Waals surface area contributed by atoms with Crippen LogP contribution in [0, 0.1) is 17.8 Å². The maximum atomic E-state index is 12.2. The van der Waals surface area contributed by atoms with Crippen molar-refractivity contribution in [3.63, 3.8) is 0 Å². The van der Waals surface area contributed by atoms with Crippen molar-refractivity contribution in [2.45, 2.75) is 44.1 Å². The van der Waals surface area contributed by atoms with E-state index >= 15 is 0 Å². The Morgan fingerprint density at radius 3 is 2.00 bits per heavy atom. The minimum absolute atomic E-state index is 0. The molecule has 0 atom stereocenters. The number of halogens is 2. The maximum absolute atomic E-state index is 12.2. The second kappa shape index (κ2) is 8.18. The minimum atomic E-state index is 0. The Morgan fingerprint density at radius 1 is 1.05 bits per heavy atom. The molecule has 2 N–H and O–H groups in total. The van der Waals surface area contributed by atoms with Crippen LogP contribution in [0.5, 0.6) is 0 Å². The Morgan fingerprint density at radius 2 is 1.55 bits per heavy atom. The van der Waals surface area contributed by atoms with E-state index < -0.39 is 0 Å². The Bertz CT molecular complexity index is 341. The van der Waals surface area contributed by atoms with E-state index in [2.05, 4.69) is 29.6 Å². The van der Waals surface area contributed by atoms with Crippen molar-refractivity contribution in [1.82, 2.24) is 15.5 Å². The van der Waals surface area contributed by atoms with Gasteiger partial charge in [-0.15, -0.1) is 24.8 Å². The number of hydrogen-bond donors (Lipinski definition) is 2. The second-order valence-corrected chi connectivity index (χ2v) is 7.73. The lowest BCUT2D eigenvalue weighted by molar-refractivity contribution is -0.126. The Hall–Kier alpha value is -0.0300. The van der Waals surface area contributed by atoms with Crippen LogP contribution in [-0.2, 0) is 4.79 Å². The van der Waals surface area contributed by atoms with Gasteiger partial charge in [0.1, 0.15) is 0 Å². The average Bonchev–Trinajstić information content (AvgIpc) is 2.32. The maximum Gasteiger partial charge on any atom is 0.234 e. The number of nitrogens with zero attached hydrogens (tertiary/aromatic N) is 1. The van der Waals surface area contributed by atoms with E-state index in [0.717, 1.165) is 30.8 Å². The molecular formula is C16H31Cl2N3O. The normalized spacial score (nSPS) is 35.0. The number of amides is 1. The van der Waals surface area contributed by atoms with Gasteiger partial charge in [-0.2, -0.15) is 0 Å². The smallest absolute Gasteiger partial charge is 0.234 e. The molecule has 0 unspecified atom stereocenters. The molecule has 0 spiro atoms. The standard InChI is InChI=1S/C16H29N3O.2ClH/c1-19(2)4-3-17-11-15(20)18-16-8-12-5-13(9-16)7-14(6-12)10-16;;/h12-14,17H,3-11H2,1-2H3,(H,18,20);2*1H. The number of nitrogens with one attached hydrogen (secondary N) is 2. The van der Waals surface area contributed by atoms with Crippen LogP contribution in [0.15, 0.2) is 0 Å². The lowest BCUT2D eigenvalue weighted by Crippen LogP contribution is -2.60. The first kappa shape index (κ1) is 20.0. The number of hydrogen-bond acceptors (Lipinski definition) is 3. The zero-order chi connectivity index (χ0) is 14.2. The first-order valence-electron chi connectivity index (χ1n) is 8.21. The Kier molecular flexibility index (Phi) is 7.44. The number of rotatable bonds is 6. The number of likely N-dealkylation sites (N-methyl/N-ethyl adjacent to an activating group) is 1. The molecule has 130 valence electrons. The van der Waals surface area contributed by atoms with E-state index in [0.29, 0.717) is 6.54 Å². The van der Waals surface area contributed by atoms with Gasteiger partial charge < -0.3 is 15.5 Å². The number of carbonyl (C=O) groups excluding carboxylic acids is 1. The molecule has 4 saturated carbocycles. The summed E-state index contributed by atoms with van der Waals surface area (Å²) in [6.45, 7) is 2.32. The van der Waals surface area contributed by atoms with Gasteiger partial charge in [0.15, 0.2) is 0 Å². The highest BCUT2D eigenvalue weighted by Crippen LogP contribution is 2.55. The molecule has 4 nitrogen and oxygen atoms in total. The molecule has 22 heavy (non-hydrogen) atoms. The van der Waals surface area contributed by atoms with Crippen LogP contribution < -0.4 is 10.6 Å². The van der Waals surface area contributed by atoms with Crippen LogP contribution in [0.3, 0.4) is 0 Å². The van der Waals surface area contributed by atoms with Crippen molar-refractivity contribution >= 4 is 30.7 Å². The largest absolute Gasteiger partial charge is 0.350 e. The van der Waals surface area contributed by atoms with Gasteiger partial charge in [0, 0.05) is 18.6 Å². The topological polar surface area (TPSA) is 44.4 Å². The molecule has 0 radical (unpaired) electrons. The SMILES string of the molecule is CN(C)CCNCC(=O)NC12CC3CC(CC(C3)C1)C2.Cl.Cl. The summed E-state index contributed by atoms with van der Waals surface area (Å²) in [5, 5.41) is 6.64. The Labute approximate surface area is 147 Å². The van der Waals surface area contributed by atoms with E-state index in [1.807, 2.05) is 0 Å². The summed E-state index contributed by atoms with van der Waals surface area (Å²) in [6, 6.07) is 0. The molecule has 0 aromatic carbocycles. The molecule has 0 aromatic heterocycles. The van der Waals surface area contributed by atoms with Crippen LogP contribution >= 0.6 is 24.8 Å². The first-order chi connectivity index (χ1) is 9.55. The molecule has 1 amide bonds. The van der Waals surface area contributed by atoms with Gasteiger partial charge in [0.05, 0.1) is 6.54 Å². The highest BCUT2D eigenvalue weighted by molar-refractivity contribution is 5.85. The fourth-order valence-electron chi connectivity index (χ4n) is 5.11. The summed E-state index contributed by atoms with van der Waals surface area (Å²) < 4.78 is 0. The molecule has 0 saturated heterocycles. The summed E-state index contributed by atoms with van der Waals surface area (Å²) in [5.41, 5.74) is 0.162. The van der Waals surface area contributed by atoms with Crippen LogP contribution in [-0.4, -0.2) is 50.1 Å². The average molecular weight is 352 g/mol. The van der Waals surface area contributed by atoms with Crippen LogP contribution in [0.25, 0.3) is 0 Å². The van der Waals surface area contributed by atoms with E-state index in [1.165, 1.54) is 38.5 Å². The van der Waals surface area contributed by atoms with Gasteiger partial charge in [0.2, 0.25) is 5.91 Å². The highest BCUT2D eigenvalue weighted by Gasteiger charge is 2.51. The van der Waals surface area contributed by atoms with Gasteiger partial charge in [-0.3, -0.25) is 4.79 Å². The summed E-state index contributed by atoms with van der Waals surface area (Å²) >= 11 is 0. The van der Waals surface area contributed by atoms with Crippen LogP contribution in [0.1, 0.15) is 38.5 Å². The van der Waals surface area contributed by atoms with Crippen molar-refractivity contribution in [1.29, 1.82) is 0 Å². The molecule has 4 aliphatic rings. The lowest BCUT2D eigenvalue weighted by Gasteiger charge is -2.56. The van der Waals surface area contributed by atoms with E-state index in [1.54, 1.807) is 0 Å². The van der Waals surface area contributed by atoms with Gasteiger partial charge >= 0.3 is 0 Å². The molecule has 0 aromatic rings. The van der Waals surface area contributed by atoms with Crippen LogP contribution in [0.4, 0.5) is 0 Å². The fraction of sp³-hybridized carbons (Fsp3) is 0.938. The minimum Gasteiger partial charge on any atom is -0.350 e. The summed E-state index contributed by atoms with van der Waals surface area (Å²) in [6.07, 6.45) is 8.00. The fourth-order valence-corrected chi connectivity index (χ4v) is 5.11. The predicted molar refractivity (Wildman–Crippen MR) is 95.0 cm³/mol. The molecule has 4 aliphatic carbocycles. The van der Waals surface area contributed by atoms with Gasteiger partial charge in [-0.1, -0.05) is 0 Å². The van der Waals surface area contributed by atoms with Crippen molar-refractivity contribution < 1.29 is 4.79 Å². The first-order valence-corrected chi connectivity index (χ1v) is 8.21. The third-order valence-corrected chi connectivity index (χ3v) is 5.46. The third-order valence-electron chi connectivity index (χ3n) is 5.46. The van der Waals surface area contributed by atoms with E-state index in [-0.39, 0.29) is 36.3 Å². The molecule has 0 aliphatic heterocycles. The third kappa shape index (κ3) is 4.73. The van der Waals surface area contributed by atoms with E-state index in [4.69, 9.17) is 0 Å². The molecule has 4 fully saturated rings. The molecule has 6 heteroatoms. The van der Waals surface area contributed by atoms with Crippen molar-refractivity contribution in [2.24, 2.45) is 17.8 Å². The predicted octanol–water partition coefficient (Wildman–Crippen LogP) is 2.07. The number of carbonyl (C=O) groups is 1. The van der Waals surface area contributed by atoms with E-state index in [9.17, 15) is 4.79 Å². The quantitative estimate of drug-likeness (QED) is 0.720. The monoisotopic (exact) mass is 351 g/mol. The van der Waals surface area contributed by atoms with Crippen LogP contribution in [0.2, 0.25) is 0 Å². The molecule has 4 rings (SSSR count). The molecule has 0 heterocycles. The highest BCUT2D eigenvalue weighted by atomic mass is 35.5.